The van der Waals surface area contributed by atoms with Crippen LogP contribution in [0.4, 0.5) is 0 Å². The van der Waals surface area contributed by atoms with Gasteiger partial charge in [0.15, 0.2) is 0 Å². The van der Waals surface area contributed by atoms with Gasteiger partial charge in [-0.2, -0.15) is 23.5 Å². The van der Waals surface area contributed by atoms with Crippen LogP contribution in [0.2, 0.25) is 0 Å². The van der Waals surface area contributed by atoms with Crippen LogP contribution in [0.5, 0.6) is 0 Å². The summed E-state index contributed by atoms with van der Waals surface area (Å²) < 4.78 is 13.4. The van der Waals surface area contributed by atoms with E-state index < -0.39 is 5.69 Å². The second kappa shape index (κ2) is 14.0. The average molecular weight is 558 g/mol. The molecule has 17 heavy (non-hydrogen) atoms. The van der Waals surface area contributed by atoms with Gasteiger partial charge < -0.3 is 9.05 Å². The van der Waals surface area contributed by atoms with E-state index in [-0.39, 0.29) is 0 Å². The van der Waals surface area contributed by atoms with Crippen LogP contribution in [-0.4, -0.2) is 45.1 Å². The second-order valence-corrected chi connectivity index (χ2v) is 12.6. The van der Waals surface area contributed by atoms with Crippen molar-refractivity contribution in [1.29, 1.82) is 0 Å². The molecule has 0 atom stereocenters. The molecule has 0 aromatic heterocycles. The molecular formula is C8H17I2O2PS4. The van der Waals surface area contributed by atoms with Gasteiger partial charge in [-0.3, -0.25) is 0 Å². The highest BCUT2D eigenvalue weighted by molar-refractivity contribution is 14.1. The van der Waals surface area contributed by atoms with Gasteiger partial charge >= 0.3 is 0 Å². The minimum Gasteiger partial charge on any atom is -0.321 e. The summed E-state index contributed by atoms with van der Waals surface area (Å²) in [5.41, 5.74) is -2.29. The fourth-order valence-corrected chi connectivity index (χ4v) is 5.57. The van der Waals surface area contributed by atoms with Crippen LogP contribution in [-0.2, 0) is 20.9 Å². The summed E-state index contributed by atoms with van der Waals surface area (Å²) in [7, 11) is 0. The smallest absolute Gasteiger partial charge is 0.244 e. The number of rotatable bonds is 12. The monoisotopic (exact) mass is 558 g/mol. The molecule has 0 N–H and O–H groups in total. The minimum atomic E-state index is -2.29. The molecule has 0 aromatic carbocycles. The summed E-state index contributed by atoms with van der Waals surface area (Å²) in [5.74, 6) is 4.25. The lowest BCUT2D eigenvalue weighted by Crippen LogP contribution is -1.99. The summed E-state index contributed by atoms with van der Waals surface area (Å²) >= 11 is 18.0. The van der Waals surface area contributed by atoms with Crippen LogP contribution >= 0.6 is 86.6 Å². The number of halogens is 2. The van der Waals surface area contributed by atoms with E-state index >= 15 is 0 Å². The van der Waals surface area contributed by atoms with Crippen molar-refractivity contribution in [3.05, 3.63) is 0 Å². The zero-order valence-corrected chi connectivity index (χ0v) is 17.9. The highest BCUT2D eigenvalue weighted by Crippen LogP contribution is 2.53. The topological polar surface area (TPSA) is 18.5 Å². The van der Waals surface area contributed by atoms with E-state index in [1.807, 2.05) is 23.5 Å². The fraction of sp³-hybridized carbons (Fsp3) is 1.00. The predicted molar refractivity (Wildman–Crippen MR) is 108 cm³/mol. The van der Waals surface area contributed by atoms with Crippen molar-refractivity contribution < 1.29 is 9.05 Å². The molecule has 0 spiro atoms. The van der Waals surface area contributed by atoms with Crippen LogP contribution in [0.3, 0.4) is 0 Å². The maximum atomic E-state index is 5.52. The molecule has 2 nitrogen and oxygen atoms in total. The lowest BCUT2D eigenvalue weighted by atomic mass is 10.9. The van der Waals surface area contributed by atoms with Crippen LogP contribution in [0.25, 0.3) is 0 Å². The molecule has 0 radical (unpaired) electrons. The summed E-state index contributed by atoms with van der Waals surface area (Å²) in [6.07, 6.45) is 0. The van der Waals surface area contributed by atoms with Crippen molar-refractivity contribution in [3.8, 4) is 0 Å². The van der Waals surface area contributed by atoms with Crippen LogP contribution < -0.4 is 0 Å². The Bertz CT molecular complexity index is 206. The Kier molecular flexibility index (Phi) is 16.6. The van der Waals surface area contributed by atoms with Gasteiger partial charge in [0.05, 0.1) is 13.2 Å². The van der Waals surface area contributed by atoms with Crippen molar-refractivity contribution in [2.75, 3.05) is 45.1 Å². The lowest BCUT2D eigenvalue weighted by Gasteiger charge is -2.16. The van der Waals surface area contributed by atoms with E-state index in [1.54, 1.807) is 0 Å². The third-order valence-electron chi connectivity index (χ3n) is 1.41. The molecule has 0 aliphatic rings. The van der Waals surface area contributed by atoms with Gasteiger partial charge in [-0.1, -0.05) is 57.4 Å². The van der Waals surface area contributed by atoms with Crippen molar-refractivity contribution in [3.63, 3.8) is 0 Å². The molecular weight excluding hydrogens is 541 g/mol. The second-order valence-electron chi connectivity index (χ2n) is 2.74. The first-order valence-corrected chi connectivity index (χ1v) is 14.2. The lowest BCUT2D eigenvalue weighted by molar-refractivity contribution is 0.284. The Labute approximate surface area is 150 Å². The molecule has 0 unspecified atom stereocenters. The van der Waals surface area contributed by atoms with Crippen molar-refractivity contribution in [2.45, 2.75) is 0 Å². The average Bonchev–Trinajstić information content (AvgIpc) is 2.28. The Hall–Kier alpha value is 3.08. The number of hydrogen-bond acceptors (Lipinski definition) is 5. The molecule has 0 fully saturated rings. The SMILES string of the molecule is S=P(S)(OCCSCCI)OCCSCCI. The molecule has 0 aliphatic carbocycles. The Balaban J connectivity index is 3.42. The normalized spacial score (nSPS) is 11.9. The molecule has 0 saturated carbocycles. The van der Waals surface area contributed by atoms with E-state index in [0.717, 1.165) is 23.0 Å². The standard InChI is InChI=1S/C8H17I2O2PS4/c9-1-5-16-7-3-11-13(14,15)12-4-8-17-6-2-10/h1-8H2,(H,14,15). The van der Waals surface area contributed by atoms with E-state index in [9.17, 15) is 0 Å². The van der Waals surface area contributed by atoms with E-state index in [1.165, 1.54) is 8.86 Å². The Morgan fingerprint density at radius 1 is 0.941 bits per heavy atom. The van der Waals surface area contributed by atoms with E-state index in [0.29, 0.717) is 13.2 Å². The predicted octanol–water partition coefficient (Wildman–Crippen LogP) is 4.51. The Morgan fingerprint density at radius 2 is 1.35 bits per heavy atom. The van der Waals surface area contributed by atoms with Crippen molar-refractivity contribution in [2.24, 2.45) is 0 Å². The summed E-state index contributed by atoms with van der Waals surface area (Å²) in [5, 5.41) is 0. The van der Waals surface area contributed by atoms with Crippen LogP contribution in [0.1, 0.15) is 0 Å². The first kappa shape index (κ1) is 20.1. The summed E-state index contributed by atoms with van der Waals surface area (Å²) in [6, 6.07) is 0. The molecule has 104 valence electrons. The van der Waals surface area contributed by atoms with Gasteiger partial charge in [-0.05, 0) is 11.8 Å². The molecule has 0 aromatic rings. The number of alkyl halides is 2. The van der Waals surface area contributed by atoms with Gasteiger partial charge in [0, 0.05) is 31.9 Å². The molecule has 0 saturated heterocycles. The molecule has 0 heterocycles. The first-order valence-electron chi connectivity index (χ1n) is 5.01. The van der Waals surface area contributed by atoms with Gasteiger partial charge in [-0.15, -0.1) is 0 Å². The van der Waals surface area contributed by atoms with Crippen molar-refractivity contribution in [1.82, 2.24) is 0 Å². The molecule has 0 rings (SSSR count). The van der Waals surface area contributed by atoms with Gasteiger partial charge in [0.2, 0.25) is 5.69 Å². The Morgan fingerprint density at radius 3 is 1.71 bits per heavy atom. The zero-order valence-electron chi connectivity index (χ0n) is 9.35. The molecule has 9 heteroatoms. The third-order valence-corrected chi connectivity index (χ3v) is 8.19. The highest BCUT2D eigenvalue weighted by atomic mass is 127. The van der Waals surface area contributed by atoms with E-state index in [2.05, 4.69) is 57.4 Å². The highest BCUT2D eigenvalue weighted by Gasteiger charge is 2.12. The number of thioether (sulfide) groups is 2. The van der Waals surface area contributed by atoms with Crippen LogP contribution in [0.15, 0.2) is 0 Å². The summed E-state index contributed by atoms with van der Waals surface area (Å²) in [4.78, 5) is 0. The fourth-order valence-electron chi connectivity index (χ4n) is 0.774. The van der Waals surface area contributed by atoms with Gasteiger partial charge in [-0.25, -0.2) is 0 Å². The first-order chi connectivity index (χ1) is 8.12. The maximum absolute atomic E-state index is 5.52. The van der Waals surface area contributed by atoms with Gasteiger partial charge in [0.1, 0.15) is 0 Å². The van der Waals surface area contributed by atoms with E-state index in [4.69, 9.17) is 20.9 Å². The molecule has 0 aliphatic heterocycles. The summed E-state index contributed by atoms with van der Waals surface area (Å²) in [6.45, 7) is 1.28. The third kappa shape index (κ3) is 15.3. The van der Waals surface area contributed by atoms with Crippen LogP contribution in [0, 0.1) is 0 Å². The molecule has 0 bridgehead atoms. The largest absolute Gasteiger partial charge is 0.321 e. The number of thiol groups is 1. The zero-order chi connectivity index (χ0) is 13.0. The maximum Gasteiger partial charge on any atom is 0.244 e. The van der Waals surface area contributed by atoms with Crippen molar-refractivity contribution >= 4 is 98.5 Å². The quantitative estimate of drug-likeness (QED) is 0.125. The molecule has 0 amide bonds. The van der Waals surface area contributed by atoms with Gasteiger partial charge in [0.25, 0.3) is 0 Å². The minimum absolute atomic E-state index is 0.642. The number of hydrogen-bond donors (Lipinski definition) is 1.